The van der Waals surface area contributed by atoms with Crippen LogP contribution >= 0.6 is 0 Å². The highest BCUT2D eigenvalue weighted by Crippen LogP contribution is 2.00. The van der Waals surface area contributed by atoms with E-state index in [9.17, 15) is 0 Å². The van der Waals surface area contributed by atoms with Crippen LogP contribution in [0, 0.1) is 10.1 Å². The molecule has 0 bridgehead atoms. The van der Waals surface area contributed by atoms with Gasteiger partial charge in [-0.1, -0.05) is 0 Å². The summed E-state index contributed by atoms with van der Waals surface area (Å²) in [7, 11) is 0. The maximum absolute atomic E-state index is 8.00. The van der Waals surface area contributed by atoms with E-state index < -0.39 is 0 Å². The van der Waals surface area contributed by atoms with Crippen molar-refractivity contribution in [3.8, 4) is 0 Å². The predicted molar refractivity (Wildman–Crippen MR) is 81.4 cm³/mol. The van der Waals surface area contributed by atoms with Crippen molar-refractivity contribution < 1.29 is 4.58 Å². The zero-order valence-electron chi connectivity index (χ0n) is 13.3. The molecule has 6 heteroatoms. The van der Waals surface area contributed by atoms with Gasteiger partial charge in [0.2, 0.25) is 0 Å². The summed E-state index contributed by atoms with van der Waals surface area (Å²) in [5.74, 6) is 1.40. The van der Waals surface area contributed by atoms with Crippen molar-refractivity contribution in [3.63, 3.8) is 0 Å². The summed E-state index contributed by atoms with van der Waals surface area (Å²) in [6, 6.07) is 0. The number of hydrogen-bond acceptors (Lipinski definition) is 3. The van der Waals surface area contributed by atoms with Gasteiger partial charge in [-0.15, -0.1) is 5.34 Å². The Bertz CT molecular complexity index is 229. The molecule has 0 aromatic carbocycles. The van der Waals surface area contributed by atoms with Crippen LogP contribution in [0.1, 0.15) is 41.5 Å². The van der Waals surface area contributed by atoms with Crippen LogP contribution in [-0.2, 0) is 0 Å². The Morgan fingerprint density at radius 3 is 1.32 bits per heavy atom. The first-order valence-electron chi connectivity index (χ1n) is 7.18. The van der Waals surface area contributed by atoms with Gasteiger partial charge in [-0.2, -0.15) is 0 Å². The van der Waals surface area contributed by atoms with Crippen LogP contribution in [-0.4, -0.2) is 59.6 Å². The number of hydrogen-bond donors (Lipinski definition) is 0. The summed E-state index contributed by atoms with van der Waals surface area (Å²) in [4.78, 5) is 12.9. The molecule has 0 fully saturated rings. The monoisotopic (exact) mass is 274 g/mol. The summed E-state index contributed by atoms with van der Waals surface area (Å²) in [6.07, 6.45) is 0. The third kappa shape index (κ3) is 6.98. The van der Waals surface area contributed by atoms with Crippen molar-refractivity contribution in [2.45, 2.75) is 41.5 Å². The minimum Gasteiger partial charge on any atom is -0.444 e. The maximum Gasteiger partial charge on any atom is 0.350 e. The van der Waals surface area contributed by atoms with Gasteiger partial charge in [0.1, 0.15) is 0 Å². The molecule has 0 unspecified atom stereocenters. The van der Waals surface area contributed by atoms with Crippen LogP contribution in [0.15, 0.2) is 5.34 Å². The second kappa shape index (κ2) is 13.1. The van der Waals surface area contributed by atoms with Gasteiger partial charge in [-0.25, -0.2) is 0 Å². The summed E-state index contributed by atoms with van der Waals surface area (Å²) in [5.41, 5.74) is 0. The van der Waals surface area contributed by atoms with Crippen molar-refractivity contribution in [1.29, 1.82) is 0 Å². The smallest absolute Gasteiger partial charge is 0.350 e. The molecule has 0 aromatic rings. The lowest BCUT2D eigenvalue weighted by Gasteiger charge is -2.27. The Balaban J connectivity index is 0. The molecule has 0 aromatic heterocycles. The van der Waals surface area contributed by atoms with E-state index in [0.29, 0.717) is 0 Å². The first kappa shape index (κ1) is 20.0. The second-order valence-electron chi connectivity index (χ2n) is 3.89. The molecule has 0 atom stereocenters. The Labute approximate surface area is 117 Å². The molecular weight excluding hydrogens is 244 g/mol. The highest BCUT2D eigenvalue weighted by Gasteiger charge is 2.24. The average molecular weight is 274 g/mol. The fraction of sp³-hybridized carbons (Fsp3) is 0.923. The van der Waals surface area contributed by atoms with Gasteiger partial charge < -0.3 is 10.1 Å². The molecule has 0 N–H and O–H groups in total. The zero-order chi connectivity index (χ0) is 15.3. The quantitative estimate of drug-likeness (QED) is 0.245. The molecule has 0 saturated heterocycles. The largest absolute Gasteiger partial charge is 0.444 e. The number of guanidine groups is 1. The molecule has 6 nitrogen and oxygen atoms in total. The van der Waals surface area contributed by atoms with Gasteiger partial charge in [0.15, 0.2) is 0 Å². The Kier molecular flexibility index (Phi) is 13.8. The second-order valence-corrected chi connectivity index (χ2v) is 3.89. The summed E-state index contributed by atoms with van der Waals surface area (Å²) in [5, 5.41) is 9.00. The molecule has 0 heterocycles. The molecule has 0 aliphatic heterocycles. The third-order valence-corrected chi connectivity index (χ3v) is 3.14. The van der Waals surface area contributed by atoms with Crippen LogP contribution in [0.3, 0.4) is 0 Å². The lowest BCUT2D eigenvalue weighted by molar-refractivity contribution is -0.531. The van der Waals surface area contributed by atoms with Crippen LogP contribution in [0.2, 0.25) is 0 Å². The predicted octanol–water partition coefficient (Wildman–Crippen LogP) is 2.33. The average Bonchev–Trinajstić information content (AvgIpc) is 2.43. The van der Waals surface area contributed by atoms with E-state index >= 15 is 0 Å². The normalized spacial score (nSPS) is 9.16. The van der Waals surface area contributed by atoms with Crippen molar-refractivity contribution in [1.82, 2.24) is 9.80 Å². The van der Waals surface area contributed by atoms with E-state index in [4.69, 9.17) is 10.1 Å². The molecule has 0 amide bonds. The molecule has 0 saturated carbocycles. The van der Waals surface area contributed by atoms with Crippen LogP contribution < -0.4 is 0 Å². The molecule has 19 heavy (non-hydrogen) atoms. The standard InChI is InChI=1S/C13H30N3.HNO2/c1-7-14(8-2)13(15(9-3)10-4)16(11-5)12-6;2-1-3/h7-12H2,1-6H3;(H,2,3)/q+1;/p-1. The van der Waals surface area contributed by atoms with E-state index in [-0.39, 0.29) is 0 Å². The first-order chi connectivity index (χ1) is 9.11. The topological polar surface area (TPSA) is 62.0 Å². The molecule has 0 radical (unpaired) electrons. The SMILES string of the molecule is CCN(CC)C(N(CC)CC)=[N+](CC)CC.O=N[O-]. The fourth-order valence-corrected chi connectivity index (χ4v) is 2.12. The number of rotatable bonds is 6. The van der Waals surface area contributed by atoms with Crippen molar-refractivity contribution in [3.05, 3.63) is 10.1 Å². The highest BCUT2D eigenvalue weighted by molar-refractivity contribution is 5.75. The van der Waals surface area contributed by atoms with Crippen molar-refractivity contribution >= 4 is 5.96 Å². The molecule has 0 spiro atoms. The summed E-state index contributed by atoms with van der Waals surface area (Å²) in [6.45, 7) is 19.9. The summed E-state index contributed by atoms with van der Waals surface area (Å²) >= 11 is 0. The number of nitrogens with zero attached hydrogens (tertiary/aromatic N) is 4. The molecule has 114 valence electrons. The van der Waals surface area contributed by atoms with Crippen molar-refractivity contribution in [2.75, 3.05) is 39.3 Å². The van der Waals surface area contributed by atoms with Crippen LogP contribution in [0.4, 0.5) is 0 Å². The zero-order valence-corrected chi connectivity index (χ0v) is 13.3. The molecule has 0 rings (SSSR count). The van der Waals surface area contributed by atoms with Crippen LogP contribution in [0.5, 0.6) is 0 Å². The van der Waals surface area contributed by atoms with E-state index in [1.165, 1.54) is 5.96 Å². The molecule has 0 aliphatic rings. The van der Waals surface area contributed by atoms with Gasteiger partial charge in [0.25, 0.3) is 0 Å². The van der Waals surface area contributed by atoms with E-state index in [0.717, 1.165) is 44.6 Å². The lowest BCUT2D eigenvalue weighted by Crippen LogP contribution is -2.49. The Morgan fingerprint density at radius 2 is 1.16 bits per heavy atom. The summed E-state index contributed by atoms with van der Waals surface area (Å²) < 4.78 is 2.46. The third-order valence-electron chi connectivity index (χ3n) is 3.14. The van der Waals surface area contributed by atoms with E-state index in [1.807, 2.05) is 0 Å². The van der Waals surface area contributed by atoms with Gasteiger partial charge in [-0.3, -0.25) is 14.4 Å². The van der Waals surface area contributed by atoms with Gasteiger partial charge in [0, 0.05) is 0 Å². The Morgan fingerprint density at radius 1 is 0.895 bits per heavy atom. The molecular formula is C13H30N4O2. The van der Waals surface area contributed by atoms with Gasteiger partial charge in [-0.05, 0) is 41.5 Å². The van der Waals surface area contributed by atoms with E-state index in [1.54, 1.807) is 0 Å². The minimum absolute atomic E-state index is 1.00. The molecule has 0 aliphatic carbocycles. The maximum atomic E-state index is 8.00. The fourth-order valence-electron chi connectivity index (χ4n) is 2.12. The van der Waals surface area contributed by atoms with E-state index in [2.05, 4.69) is 55.9 Å². The van der Waals surface area contributed by atoms with Gasteiger partial charge in [0.05, 0.1) is 39.3 Å². The Hall–Kier alpha value is -1.33. The lowest BCUT2D eigenvalue weighted by atomic mass is 10.4. The highest BCUT2D eigenvalue weighted by atomic mass is 16.6. The minimum atomic E-state index is 1.00. The van der Waals surface area contributed by atoms with Gasteiger partial charge >= 0.3 is 5.96 Å². The first-order valence-corrected chi connectivity index (χ1v) is 7.18. The van der Waals surface area contributed by atoms with Crippen molar-refractivity contribution in [2.24, 2.45) is 5.34 Å². The van der Waals surface area contributed by atoms with Crippen LogP contribution in [0.25, 0.3) is 0 Å².